The Morgan fingerprint density at radius 2 is 2.05 bits per heavy atom. The lowest BCUT2D eigenvalue weighted by atomic mass is 10.0. The highest BCUT2D eigenvalue weighted by molar-refractivity contribution is 5.97. The number of hydrogen-bond donors (Lipinski definition) is 2. The second kappa shape index (κ2) is 5.97. The molecule has 22 heavy (non-hydrogen) atoms. The van der Waals surface area contributed by atoms with Gasteiger partial charge >= 0.3 is 5.97 Å². The Balaban J connectivity index is 2.29. The summed E-state index contributed by atoms with van der Waals surface area (Å²) >= 11 is 0. The molecule has 2 N–H and O–H groups in total. The number of carbonyl (C=O) groups excluding carboxylic acids is 1. The molecule has 1 atom stereocenters. The predicted octanol–water partition coefficient (Wildman–Crippen LogP) is 1.73. The van der Waals surface area contributed by atoms with E-state index in [-0.39, 0.29) is 0 Å². The van der Waals surface area contributed by atoms with Crippen LogP contribution in [0.1, 0.15) is 33.2 Å². The largest absolute Gasteiger partial charge is 0.479 e. The molecule has 0 aliphatic carbocycles. The third-order valence-electron chi connectivity index (χ3n) is 3.30. The SMILES string of the molecule is Cc1cc(C(NC(=O)c2cn(C)nc2C)C(=O)O)ccc1F. The average Bonchev–Trinajstić information content (AvgIpc) is 2.78. The lowest BCUT2D eigenvalue weighted by molar-refractivity contribution is -0.139. The van der Waals surface area contributed by atoms with Crippen molar-refractivity contribution in [1.82, 2.24) is 15.1 Å². The minimum absolute atomic E-state index is 0.299. The number of hydrogen-bond acceptors (Lipinski definition) is 3. The molecule has 0 radical (unpaired) electrons. The maximum absolute atomic E-state index is 13.3. The highest BCUT2D eigenvalue weighted by Crippen LogP contribution is 2.18. The molecular weight excluding hydrogens is 289 g/mol. The van der Waals surface area contributed by atoms with Crippen molar-refractivity contribution in [2.75, 3.05) is 0 Å². The summed E-state index contributed by atoms with van der Waals surface area (Å²) in [6.45, 7) is 3.19. The van der Waals surface area contributed by atoms with Gasteiger partial charge in [0, 0.05) is 13.2 Å². The first-order valence-corrected chi connectivity index (χ1v) is 6.59. The molecule has 0 fully saturated rings. The minimum atomic E-state index is -1.26. The van der Waals surface area contributed by atoms with E-state index in [0.717, 1.165) is 0 Å². The summed E-state index contributed by atoms with van der Waals surface area (Å²) in [7, 11) is 1.67. The number of carbonyl (C=O) groups is 2. The number of benzene rings is 1. The van der Waals surface area contributed by atoms with Crippen molar-refractivity contribution in [2.45, 2.75) is 19.9 Å². The van der Waals surface area contributed by atoms with Gasteiger partial charge in [-0.25, -0.2) is 9.18 Å². The topological polar surface area (TPSA) is 84.2 Å². The first-order chi connectivity index (χ1) is 10.3. The first-order valence-electron chi connectivity index (χ1n) is 6.59. The monoisotopic (exact) mass is 305 g/mol. The maximum Gasteiger partial charge on any atom is 0.330 e. The van der Waals surface area contributed by atoms with Gasteiger partial charge in [-0.05, 0) is 31.0 Å². The number of aromatic nitrogens is 2. The summed E-state index contributed by atoms with van der Waals surface area (Å²) in [5.41, 5.74) is 1.42. The number of aliphatic carboxylic acids is 1. The second-order valence-electron chi connectivity index (χ2n) is 5.06. The van der Waals surface area contributed by atoms with E-state index in [1.165, 1.54) is 36.0 Å². The smallest absolute Gasteiger partial charge is 0.330 e. The zero-order valence-corrected chi connectivity index (χ0v) is 12.4. The normalized spacial score (nSPS) is 12.0. The van der Waals surface area contributed by atoms with E-state index in [1.54, 1.807) is 14.0 Å². The van der Waals surface area contributed by atoms with Gasteiger partial charge in [0.2, 0.25) is 0 Å². The summed E-state index contributed by atoms with van der Waals surface area (Å²) in [5.74, 6) is -2.19. The Kier molecular flexibility index (Phi) is 4.25. The number of amides is 1. The number of carboxylic acid groups (broad SMARTS) is 1. The Morgan fingerprint density at radius 3 is 2.55 bits per heavy atom. The molecule has 2 aromatic rings. The molecule has 0 spiro atoms. The number of nitrogens with one attached hydrogen (secondary N) is 1. The third-order valence-corrected chi connectivity index (χ3v) is 3.30. The van der Waals surface area contributed by atoms with E-state index in [2.05, 4.69) is 10.4 Å². The molecule has 7 heteroatoms. The Hall–Kier alpha value is -2.70. The van der Waals surface area contributed by atoms with Gasteiger partial charge in [-0.3, -0.25) is 9.48 Å². The van der Waals surface area contributed by atoms with Crippen LogP contribution in [0.4, 0.5) is 4.39 Å². The molecule has 1 heterocycles. The van der Waals surface area contributed by atoms with Crippen LogP contribution in [0.2, 0.25) is 0 Å². The number of carboxylic acids is 1. The molecule has 2 rings (SSSR count). The Bertz CT molecular complexity index is 740. The highest BCUT2D eigenvalue weighted by atomic mass is 19.1. The van der Waals surface area contributed by atoms with Crippen LogP contribution in [0, 0.1) is 19.7 Å². The molecule has 0 aliphatic rings. The van der Waals surface area contributed by atoms with Crippen molar-refractivity contribution in [3.05, 3.63) is 52.6 Å². The zero-order chi connectivity index (χ0) is 16.4. The van der Waals surface area contributed by atoms with Gasteiger partial charge in [-0.15, -0.1) is 0 Å². The maximum atomic E-state index is 13.3. The summed E-state index contributed by atoms with van der Waals surface area (Å²) < 4.78 is 14.8. The van der Waals surface area contributed by atoms with E-state index in [0.29, 0.717) is 22.4 Å². The molecule has 1 amide bonds. The van der Waals surface area contributed by atoms with E-state index < -0.39 is 23.7 Å². The van der Waals surface area contributed by atoms with E-state index in [1.807, 2.05) is 0 Å². The number of rotatable bonds is 4. The van der Waals surface area contributed by atoms with Crippen LogP contribution in [0.15, 0.2) is 24.4 Å². The van der Waals surface area contributed by atoms with Crippen molar-refractivity contribution in [1.29, 1.82) is 0 Å². The van der Waals surface area contributed by atoms with Crippen molar-refractivity contribution in [3.63, 3.8) is 0 Å². The Morgan fingerprint density at radius 1 is 1.36 bits per heavy atom. The van der Waals surface area contributed by atoms with Crippen molar-refractivity contribution < 1.29 is 19.1 Å². The molecule has 0 saturated carbocycles. The van der Waals surface area contributed by atoms with Crippen LogP contribution in [-0.4, -0.2) is 26.8 Å². The van der Waals surface area contributed by atoms with Crippen LogP contribution in [0.3, 0.4) is 0 Å². The van der Waals surface area contributed by atoms with Crippen LogP contribution < -0.4 is 5.32 Å². The fraction of sp³-hybridized carbons (Fsp3) is 0.267. The standard InChI is InChI=1S/C15H16FN3O3/c1-8-6-10(4-5-12(8)16)13(15(21)22)17-14(20)11-7-19(3)18-9(11)2/h4-7,13H,1-3H3,(H,17,20)(H,21,22). The van der Waals surface area contributed by atoms with Crippen LogP contribution in [-0.2, 0) is 11.8 Å². The molecule has 0 aliphatic heterocycles. The van der Waals surface area contributed by atoms with Crippen molar-refractivity contribution >= 4 is 11.9 Å². The van der Waals surface area contributed by atoms with E-state index in [9.17, 15) is 19.1 Å². The number of halogens is 1. The zero-order valence-electron chi connectivity index (χ0n) is 12.4. The first kappa shape index (κ1) is 15.7. The quantitative estimate of drug-likeness (QED) is 0.901. The average molecular weight is 305 g/mol. The fourth-order valence-corrected chi connectivity index (χ4v) is 2.17. The highest BCUT2D eigenvalue weighted by Gasteiger charge is 2.24. The molecular formula is C15H16FN3O3. The van der Waals surface area contributed by atoms with Gasteiger partial charge in [-0.1, -0.05) is 12.1 Å². The summed E-state index contributed by atoms with van der Waals surface area (Å²) in [5, 5.41) is 15.8. The molecule has 116 valence electrons. The number of aryl methyl sites for hydroxylation is 3. The predicted molar refractivity (Wildman–Crippen MR) is 76.9 cm³/mol. The summed E-state index contributed by atoms with van der Waals surface area (Å²) in [6.07, 6.45) is 1.51. The van der Waals surface area contributed by atoms with Crippen LogP contribution >= 0.6 is 0 Å². The van der Waals surface area contributed by atoms with Crippen molar-refractivity contribution in [3.8, 4) is 0 Å². The number of nitrogens with zero attached hydrogens (tertiary/aromatic N) is 2. The van der Waals surface area contributed by atoms with E-state index >= 15 is 0 Å². The van der Waals surface area contributed by atoms with Gasteiger partial charge in [0.05, 0.1) is 11.3 Å². The molecule has 0 bridgehead atoms. The van der Waals surface area contributed by atoms with Crippen molar-refractivity contribution in [2.24, 2.45) is 7.05 Å². The lowest BCUT2D eigenvalue weighted by Gasteiger charge is -2.15. The molecule has 0 saturated heterocycles. The molecule has 1 aromatic heterocycles. The summed E-state index contributed by atoms with van der Waals surface area (Å²) in [6, 6.07) is 2.68. The molecule has 1 unspecified atom stereocenters. The molecule has 6 nitrogen and oxygen atoms in total. The fourth-order valence-electron chi connectivity index (χ4n) is 2.17. The third kappa shape index (κ3) is 3.13. The lowest BCUT2D eigenvalue weighted by Crippen LogP contribution is -2.34. The second-order valence-corrected chi connectivity index (χ2v) is 5.06. The molecule has 1 aromatic carbocycles. The van der Waals surface area contributed by atoms with Gasteiger partial charge in [0.1, 0.15) is 5.82 Å². The van der Waals surface area contributed by atoms with Gasteiger partial charge in [0.15, 0.2) is 6.04 Å². The Labute approximate surface area is 126 Å². The van der Waals surface area contributed by atoms with Gasteiger partial charge in [-0.2, -0.15) is 5.10 Å². The minimum Gasteiger partial charge on any atom is -0.479 e. The van der Waals surface area contributed by atoms with Crippen LogP contribution in [0.5, 0.6) is 0 Å². The van der Waals surface area contributed by atoms with Gasteiger partial charge in [0.25, 0.3) is 5.91 Å². The van der Waals surface area contributed by atoms with Crippen LogP contribution in [0.25, 0.3) is 0 Å². The van der Waals surface area contributed by atoms with Gasteiger partial charge < -0.3 is 10.4 Å². The van der Waals surface area contributed by atoms with E-state index in [4.69, 9.17) is 0 Å². The summed E-state index contributed by atoms with van der Waals surface area (Å²) in [4.78, 5) is 23.6.